The highest BCUT2D eigenvalue weighted by Crippen LogP contribution is 2.21. The van der Waals surface area contributed by atoms with Crippen LogP contribution in [0, 0.1) is 5.41 Å². The molecular weight excluding hydrogens is 204 g/mol. The first-order valence-electron chi connectivity index (χ1n) is 5.12. The van der Waals surface area contributed by atoms with Crippen LogP contribution in [0.5, 0.6) is 0 Å². The van der Waals surface area contributed by atoms with Gasteiger partial charge in [0.15, 0.2) is 0 Å². The van der Waals surface area contributed by atoms with Crippen molar-refractivity contribution >= 4 is 17.8 Å². The van der Waals surface area contributed by atoms with E-state index in [9.17, 15) is 4.79 Å². The van der Waals surface area contributed by atoms with E-state index >= 15 is 0 Å². The lowest BCUT2D eigenvalue weighted by atomic mass is 9.95. The van der Waals surface area contributed by atoms with Gasteiger partial charge in [0.1, 0.15) is 17.3 Å². The lowest BCUT2D eigenvalue weighted by molar-refractivity contribution is -0.115. The summed E-state index contributed by atoms with van der Waals surface area (Å²) in [5, 5.41) is 2.76. The predicted octanol–water partition coefficient (Wildman–Crippen LogP) is 2.19. The van der Waals surface area contributed by atoms with E-state index < -0.39 is 0 Å². The molecule has 2 heterocycles. The van der Waals surface area contributed by atoms with Gasteiger partial charge in [-0.15, -0.1) is 0 Å². The fraction of sp³-hybridized carbons (Fsp3) is 0.333. The van der Waals surface area contributed by atoms with Crippen LogP contribution < -0.4 is 5.32 Å². The minimum atomic E-state index is -0.179. The molecule has 2 rings (SSSR count). The number of carbonyl (C=O) groups excluding carboxylic acids is 1. The van der Waals surface area contributed by atoms with E-state index in [-0.39, 0.29) is 11.3 Å². The number of carbonyl (C=O) groups is 1. The first-order valence-corrected chi connectivity index (χ1v) is 5.12. The first-order chi connectivity index (χ1) is 7.47. The molecule has 0 spiro atoms. The molecule has 1 amide bonds. The minimum Gasteiger partial charge on any atom is -0.465 e. The zero-order chi connectivity index (χ0) is 11.8. The summed E-state index contributed by atoms with van der Waals surface area (Å²) in [6.45, 7) is 6.01. The van der Waals surface area contributed by atoms with Gasteiger partial charge < -0.3 is 9.73 Å². The molecule has 0 unspecified atom stereocenters. The molecule has 0 saturated carbocycles. The zero-order valence-electron chi connectivity index (χ0n) is 9.57. The maximum atomic E-state index is 11.6. The van der Waals surface area contributed by atoms with Gasteiger partial charge in [0.05, 0.1) is 6.26 Å². The third kappa shape index (κ3) is 2.05. The quantitative estimate of drug-likeness (QED) is 0.734. The standard InChI is InChI=1S/C12H14N2O2/c1-12(2,3)11-13-9(10(15)14-11)7-8-5-4-6-16-8/h4-7H,1-3H3,(H,13,14,15)/b9-7+. The molecule has 0 aromatic carbocycles. The number of nitrogens with one attached hydrogen (secondary N) is 1. The Morgan fingerprint density at radius 3 is 2.69 bits per heavy atom. The SMILES string of the molecule is CC(C)(C)C1=N/C(=C/c2ccco2)C(=O)N1. The molecule has 0 radical (unpaired) electrons. The second-order valence-electron chi connectivity index (χ2n) is 4.71. The maximum Gasteiger partial charge on any atom is 0.275 e. The average molecular weight is 218 g/mol. The minimum absolute atomic E-state index is 0.158. The van der Waals surface area contributed by atoms with Gasteiger partial charge in [-0.25, -0.2) is 4.99 Å². The molecule has 0 atom stereocenters. The molecule has 1 aliphatic heterocycles. The summed E-state index contributed by atoms with van der Waals surface area (Å²) in [6, 6.07) is 3.55. The van der Waals surface area contributed by atoms with Crippen LogP contribution in [-0.4, -0.2) is 11.7 Å². The Labute approximate surface area is 94.1 Å². The number of furan rings is 1. The normalized spacial score (nSPS) is 18.8. The van der Waals surface area contributed by atoms with Gasteiger partial charge >= 0.3 is 0 Å². The van der Waals surface area contributed by atoms with E-state index in [1.165, 1.54) is 0 Å². The topological polar surface area (TPSA) is 54.6 Å². The summed E-state index contributed by atoms with van der Waals surface area (Å²) in [5.41, 5.74) is 0.230. The number of nitrogens with zero attached hydrogens (tertiary/aromatic N) is 1. The van der Waals surface area contributed by atoms with Crippen molar-refractivity contribution in [3.05, 3.63) is 29.9 Å². The number of hydrogen-bond donors (Lipinski definition) is 1. The monoisotopic (exact) mass is 218 g/mol. The molecule has 0 fully saturated rings. The molecule has 1 N–H and O–H groups in total. The van der Waals surface area contributed by atoms with Crippen molar-refractivity contribution in [3.63, 3.8) is 0 Å². The highest BCUT2D eigenvalue weighted by atomic mass is 16.3. The van der Waals surface area contributed by atoms with Gasteiger partial charge in [-0.1, -0.05) is 20.8 Å². The Morgan fingerprint density at radius 1 is 1.44 bits per heavy atom. The highest BCUT2D eigenvalue weighted by molar-refractivity contribution is 6.15. The van der Waals surface area contributed by atoms with Crippen LogP contribution in [-0.2, 0) is 4.79 Å². The maximum absolute atomic E-state index is 11.6. The van der Waals surface area contributed by atoms with Gasteiger partial charge in [-0.3, -0.25) is 4.79 Å². The van der Waals surface area contributed by atoms with E-state index in [2.05, 4.69) is 10.3 Å². The zero-order valence-corrected chi connectivity index (χ0v) is 9.57. The first kappa shape index (κ1) is 10.7. The lowest BCUT2D eigenvalue weighted by Crippen LogP contribution is -2.34. The largest absolute Gasteiger partial charge is 0.465 e. The van der Waals surface area contributed by atoms with Crippen LogP contribution in [0.2, 0.25) is 0 Å². The van der Waals surface area contributed by atoms with Crippen LogP contribution in [0.4, 0.5) is 0 Å². The van der Waals surface area contributed by atoms with Gasteiger partial charge in [-0.2, -0.15) is 0 Å². The van der Waals surface area contributed by atoms with E-state index in [1.807, 2.05) is 20.8 Å². The molecule has 4 nitrogen and oxygen atoms in total. The second kappa shape index (κ2) is 3.63. The van der Waals surface area contributed by atoms with Crippen molar-refractivity contribution in [2.75, 3.05) is 0 Å². The summed E-state index contributed by atoms with van der Waals surface area (Å²) >= 11 is 0. The van der Waals surface area contributed by atoms with Crippen LogP contribution in [0.15, 0.2) is 33.5 Å². The molecule has 4 heteroatoms. The van der Waals surface area contributed by atoms with E-state index in [0.717, 1.165) is 0 Å². The van der Waals surface area contributed by atoms with Crippen molar-refractivity contribution in [2.45, 2.75) is 20.8 Å². The summed E-state index contributed by atoms with van der Waals surface area (Å²) in [5.74, 6) is 1.14. The van der Waals surface area contributed by atoms with Crippen LogP contribution in [0.1, 0.15) is 26.5 Å². The highest BCUT2D eigenvalue weighted by Gasteiger charge is 2.28. The van der Waals surface area contributed by atoms with Gasteiger partial charge in [0.2, 0.25) is 0 Å². The van der Waals surface area contributed by atoms with Gasteiger partial charge in [0.25, 0.3) is 5.91 Å². The molecule has 0 bridgehead atoms. The number of hydrogen-bond acceptors (Lipinski definition) is 3. The Balaban J connectivity index is 2.31. The fourth-order valence-corrected chi connectivity index (χ4v) is 1.33. The summed E-state index contributed by atoms with van der Waals surface area (Å²) in [7, 11) is 0. The third-order valence-corrected chi connectivity index (χ3v) is 2.23. The number of rotatable bonds is 1. The Kier molecular flexibility index (Phi) is 2.42. The van der Waals surface area contributed by atoms with E-state index in [0.29, 0.717) is 17.3 Å². The van der Waals surface area contributed by atoms with Gasteiger partial charge in [0, 0.05) is 11.5 Å². The molecule has 1 aliphatic rings. The second-order valence-corrected chi connectivity index (χ2v) is 4.71. The van der Waals surface area contributed by atoms with Crippen molar-refractivity contribution in [3.8, 4) is 0 Å². The summed E-state index contributed by atoms with van der Waals surface area (Å²) < 4.78 is 5.14. The summed E-state index contributed by atoms with van der Waals surface area (Å²) in [4.78, 5) is 15.9. The average Bonchev–Trinajstić information content (AvgIpc) is 2.76. The Bertz CT molecular complexity index is 462. The number of aliphatic imine (C=N–C) groups is 1. The predicted molar refractivity (Wildman–Crippen MR) is 61.7 cm³/mol. The van der Waals surface area contributed by atoms with Crippen LogP contribution >= 0.6 is 0 Å². The number of amides is 1. The van der Waals surface area contributed by atoms with E-state index in [1.54, 1.807) is 24.5 Å². The van der Waals surface area contributed by atoms with E-state index in [4.69, 9.17) is 4.42 Å². The molecule has 1 aromatic rings. The Hall–Kier alpha value is -1.84. The molecule has 84 valence electrons. The molecule has 1 aromatic heterocycles. The van der Waals surface area contributed by atoms with Gasteiger partial charge in [-0.05, 0) is 12.1 Å². The molecule has 0 aliphatic carbocycles. The third-order valence-electron chi connectivity index (χ3n) is 2.23. The summed E-state index contributed by atoms with van der Waals surface area (Å²) in [6.07, 6.45) is 3.20. The van der Waals surface area contributed by atoms with Crippen molar-refractivity contribution < 1.29 is 9.21 Å². The van der Waals surface area contributed by atoms with Crippen molar-refractivity contribution in [1.82, 2.24) is 5.32 Å². The molecule has 0 saturated heterocycles. The molecule has 16 heavy (non-hydrogen) atoms. The molecular formula is C12H14N2O2. The van der Waals surface area contributed by atoms with Crippen molar-refractivity contribution in [2.24, 2.45) is 10.4 Å². The lowest BCUT2D eigenvalue weighted by Gasteiger charge is -2.16. The van der Waals surface area contributed by atoms with Crippen molar-refractivity contribution in [1.29, 1.82) is 0 Å². The fourth-order valence-electron chi connectivity index (χ4n) is 1.33. The van der Waals surface area contributed by atoms with Crippen LogP contribution in [0.25, 0.3) is 6.08 Å². The Morgan fingerprint density at radius 2 is 2.19 bits per heavy atom. The van der Waals surface area contributed by atoms with Crippen LogP contribution in [0.3, 0.4) is 0 Å². The smallest absolute Gasteiger partial charge is 0.275 e. The number of amidine groups is 1.